The van der Waals surface area contributed by atoms with Crippen molar-refractivity contribution in [2.75, 3.05) is 20.7 Å². The molecule has 0 heterocycles. The van der Waals surface area contributed by atoms with Crippen LogP contribution in [0, 0.1) is 5.92 Å². The van der Waals surface area contributed by atoms with Crippen molar-refractivity contribution in [3.05, 3.63) is 34.3 Å². The third-order valence-corrected chi connectivity index (χ3v) is 3.45. The highest BCUT2D eigenvalue weighted by Gasteiger charge is 2.18. The molecule has 0 aliphatic rings. The van der Waals surface area contributed by atoms with Gasteiger partial charge in [-0.1, -0.05) is 35.0 Å². The fourth-order valence-corrected chi connectivity index (χ4v) is 2.14. The van der Waals surface area contributed by atoms with E-state index >= 15 is 0 Å². The molecule has 1 aromatic carbocycles. The lowest BCUT2D eigenvalue weighted by Crippen LogP contribution is -2.30. The lowest BCUT2D eigenvalue weighted by Gasteiger charge is -2.21. The van der Waals surface area contributed by atoms with Crippen molar-refractivity contribution < 1.29 is 9.53 Å². The van der Waals surface area contributed by atoms with Gasteiger partial charge in [0, 0.05) is 17.6 Å². The molecule has 0 saturated heterocycles. The maximum atomic E-state index is 11.5. The Kier molecular flexibility index (Phi) is 6.36. The van der Waals surface area contributed by atoms with E-state index in [1.807, 2.05) is 26.1 Å². The van der Waals surface area contributed by atoms with Crippen molar-refractivity contribution >= 4 is 21.9 Å². The van der Waals surface area contributed by atoms with Gasteiger partial charge >= 0.3 is 5.97 Å². The molecule has 0 aliphatic heterocycles. The van der Waals surface area contributed by atoms with Crippen molar-refractivity contribution in [1.29, 1.82) is 0 Å². The van der Waals surface area contributed by atoms with E-state index in [9.17, 15) is 4.79 Å². The van der Waals surface area contributed by atoms with E-state index in [0.717, 1.165) is 24.0 Å². The average Bonchev–Trinajstić information content (AvgIpc) is 2.37. The van der Waals surface area contributed by atoms with Crippen LogP contribution in [0.25, 0.3) is 0 Å². The molecule has 1 atom stereocenters. The largest absolute Gasteiger partial charge is 0.469 e. The smallest absolute Gasteiger partial charge is 0.309 e. The molecule has 1 rings (SSSR count). The Morgan fingerprint density at radius 1 is 1.39 bits per heavy atom. The van der Waals surface area contributed by atoms with Gasteiger partial charge in [-0.25, -0.2) is 0 Å². The fraction of sp³-hybridized carbons (Fsp3) is 0.500. The van der Waals surface area contributed by atoms with E-state index in [-0.39, 0.29) is 11.9 Å². The van der Waals surface area contributed by atoms with Crippen molar-refractivity contribution in [2.24, 2.45) is 5.92 Å². The number of methoxy groups -OCH3 is 1. The molecule has 1 aromatic rings. The molecule has 3 nitrogen and oxygen atoms in total. The molecule has 0 N–H and O–H groups in total. The number of carbonyl (C=O) groups is 1. The third kappa shape index (κ3) is 4.78. The summed E-state index contributed by atoms with van der Waals surface area (Å²) >= 11 is 3.42. The van der Waals surface area contributed by atoms with Crippen molar-refractivity contribution in [1.82, 2.24) is 4.90 Å². The molecule has 18 heavy (non-hydrogen) atoms. The number of hydrogen-bond acceptors (Lipinski definition) is 3. The summed E-state index contributed by atoms with van der Waals surface area (Å²) in [5.74, 6) is -0.171. The SMILES string of the molecule is CCC(CN(C)Cc1ccc(Br)cc1)C(=O)OC. The molecule has 0 amide bonds. The van der Waals surface area contributed by atoms with E-state index in [4.69, 9.17) is 4.74 Å². The number of halogens is 1. The lowest BCUT2D eigenvalue weighted by atomic mass is 10.1. The second-order valence-electron chi connectivity index (χ2n) is 4.45. The molecule has 0 saturated carbocycles. The number of rotatable bonds is 6. The van der Waals surface area contributed by atoms with Crippen LogP contribution < -0.4 is 0 Å². The lowest BCUT2D eigenvalue weighted by molar-refractivity contribution is -0.146. The second kappa shape index (κ2) is 7.54. The second-order valence-corrected chi connectivity index (χ2v) is 5.37. The summed E-state index contributed by atoms with van der Waals surface area (Å²) in [7, 11) is 3.47. The van der Waals surface area contributed by atoms with Crippen LogP contribution in [0.3, 0.4) is 0 Å². The standard InChI is InChI=1S/C14H20BrNO2/c1-4-12(14(17)18-3)10-16(2)9-11-5-7-13(15)8-6-11/h5-8,12H,4,9-10H2,1-3H3. The van der Waals surface area contributed by atoms with Gasteiger partial charge < -0.3 is 9.64 Å². The quantitative estimate of drug-likeness (QED) is 0.756. The summed E-state index contributed by atoms with van der Waals surface area (Å²) in [4.78, 5) is 13.7. The monoisotopic (exact) mass is 313 g/mol. The predicted octanol–water partition coefficient (Wildman–Crippen LogP) is 3.08. The Labute approximate surface area is 117 Å². The Morgan fingerprint density at radius 2 is 2.00 bits per heavy atom. The third-order valence-electron chi connectivity index (χ3n) is 2.93. The summed E-state index contributed by atoms with van der Waals surface area (Å²) in [6.07, 6.45) is 0.803. The van der Waals surface area contributed by atoms with E-state index in [1.165, 1.54) is 12.7 Å². The number of ether oxygens (including phenoxy) is 1. The van der Waals surface area contributed by atoms with Crippen molar-refractivity contribution in [3.8, 4) is 0 Å². The van der Waals surface area contributed by atoms with Gasteiger partial charge in [-0.2, -0.15) is 0 Å². The molecular weight excluding hydrogens is 294 g/mol. The number of hydrogen-bond donors (Lipinski definition) is 0. The first-order chi connectivity index (χ1) is 8.56. The van der Waals surface area contributed by atoms with Crippen LogP contribution in [-0.4, -0.2) is 31.6 Å². The van der Waals surface area contributed by atoms with E-state index < -0.39 is 0 Å². The molecule has 0 spiro atoms. The van der Waals surface area contributed by atoms with E-state index in [2.05, 4.69) is 33.0 Å². The summed E-state index contributed by atoms with van der Waals surface area (Å²) in [5, 5.41) is 0. The molecule has 100 valence electrons. The van der Waals surface area contributed by atoms with Crippen LogP contribution in [0.1, 0.15) is 18.9 Å². The highest BCUT2D eigenvalue weighted by atomic mass is 79.9. The molecule has 0 radical (unpaired) electrons. The van der Waals surface area contributed by atoms with Gasteiger partial charge in [0.05, 0.1) is 13.0 Å². The fourth-order valence-electron chi connectivity index (χ4n) is 1.88. The van der Waals surface area contributed by atoms with Crippen LogP contribution in [0.5, 0.6) is 0 Å². The molecule has 1 unspecified atom stereocenters. The zero-order valence-corrected chi connectivity index (χ0v) is 12.7. The van der Waals surface area contributed by atoms with Crippen LogP contribution in [0.4, 0.5) is 0 Å². The van der Waals surface area contributed by atoms with Gasteiger partial charge in [0.1, 0.15) is 0 Å². The van der Waals surface area contributed by atoms with Gasteiger partial charge in [-0.05, 0) is 31.2 Å². The number of benzene rings is 1. The molecule has 0 aliphatic carbocycles. The minimum Gasteiger partial charge on any atom is -0.469 e. The van der Waals surface area contributed by atoms with Gasteiger partial charge in [-0.15, -0.1) is 0 Å². The van der Waals surface area contributed by atoms with Crippen LogP contribution in [0.15, 0.2) is 28.7 Å². The highest BCUT2D eigenvalue weighted by molar-refractivity contribution is 9.10. The van der Waals surface area contributed by atoms with Crippen molar-refractivity contribution in [2.45, 2.75) is 19.9 Å². The number of nitrogens with zero attached hydrogens (tertiary/aromatic N) is 1. The van der Waals surface area contributed by atoms with Gasteiger partial charge in [0.25, 0.3) is 0 Å². The minimum absolute atomic E-state index is 0.0459. The minimum atomic E-state index is -0.125. The first-order valence-electron chi connectivity index (χ1n) is 6.07. The van der Waals surface area contributed by atoms with Crippen LogP contribution in [0.2, 0.25) is 0 Å². The summed E-state index contributed by atoms with van der Waals surface area (Å²) in [5.41, 5.74) is 1.24. The zero-order valence-electron chi connectivity index (χ0n) is 11.1. The zero-order chi connectivity index (χ0) is 13.5. The van der Waals surface area contributed by atoms with Gasteiger partial charge in [-0.3, -0.25) is 4.79 Å². The van der Waals surface area contributed by atoms with E-state index in [1.54, 1.807) is 0 Å². The summed E-state index contributed by atoms with van der Waals surface area (Å²) in [6, 6.07) is 8.22. The van der Waals surface area contributed by atoms with Gasteiger partial charge in [0.15, 0.2) is 0 Å². The average molecular weight is 314 g/mol. The molecule has 0 aromatic heterocycles. The van der Waals surface area contributed by atoms with E-state index in [0.29, 0.717) is 0 Å². The molecule has 4 heteroatoms. The van der Waals surface area contributed by atoms with Gasteiger partial charge in [0.2, 0.25) is 0 Å². The Balaban J connectivity index is 2.52. The van der Waals surface area contributed by atoms with Crippen LogP contribution in [-0.2, 0) is 16.1 Å². The Morgan fingerprint density at radius 3 is 2.50 bits per heavy atom. The summed E-state index contributed by atoms with van der Waals surface area (Å²) in [6.45, 7) is 3.56. The molecular formula is C14H20BrNO2. The predicted molar refractivity (Wildman–Crippen MR) is 76.3 cm³/mol. The molecule has 0 bridgehead atoms. The maximum absolute atomic E-state index is 11.5. The van der Waals surface area contributed by atoms with Crippen LogP contribution >= 0.6 is 15.9 Å². The normalized spacial score (nSPS) is 12.5. The number of carbonyl (C=O) groups excluding carboxylic acids is 1. The topological polar surface area (TPSA) is 29.5 Å². The summed E-state index contributed by atoms with van der Waals surface area (Å²) < 4.78 is 5.88. The Hall–Kier alpha value is -0.870. The Bertz CT molecular complexity index is 378. The first-order valence-corrected chi connectivity index (χ1v) is 6.87. The van der Waals surface area contributed by atoms with Crippen molar-refractivity contribution in [3.63, 3.8) is 0 Å². The number of esters is 1. The maximum Gasteiger partial charge on any atom is 0.309 e. The highest BCUT2D eigenvalue weighted by Crippen LogP contribution is 2.13. The molecule has 0 fully saturated rings. The first kappa shape index (κ1) is 15.2.